The van der Waals surface area contributed by atoms with Gasteiger partial charge in [-0.2, -0.15) is 4.31 Å². The van der Waals surface area contributed by atoms with Crippen molar-refractivity contribution < 1.29 is 8.42 Å². The molecule has 0 saturated heterocycles. The Kier molecular flexibility index (Phi) is 4.75. The van der Waals surface area contributed by atoms with Gasteiger partial charge in [-0.3, -0.25) is 0 Å². The first kappa shape index (κ1) is 15.4. The summed E-state index contributed by atoms with van der Waals surface area (Å²) in [4.78, 5) is 0.294. The summed E-state index contributed by atoms with van der Waals surface area (Å²) < 4.78 is 27.4. The first-order chi connectivity index (χ1) is 8.19. The van der Waals surface area contributed by atoms with Gasteiger partial charge in [-0.25, -0.2) is 8.42 Å². The molecule has 1 aromatic rings. The Hall–Kier alpha value is -0.650. The van der Waals surface area contributed by atoms with Crippen molar-refractivity contribution in [3.8, 4) is 0 Å². The zero-order valence-electron chi connectivity index (χ0n) is 10.9. The molecule has 0 N–H and O–H groups in total. The van der Waals surface area contributed by atoms with Gasteiger partial charge in [0.25, 0.3) is 0 Å². The van der Waals surface area contributed by atoms with Gasteiger partial charge in [-0.1, -0.05) is 22.0 Å². The van der Waals surface area contributed by atoms with E-state index in [1.165, 1.54) is 4.31 Å². The molecule has 0 aromatic heterocycles. The van der Waals surface area contributed by atoms with Gasteiger partial charge in [0.05, 0.1) is 4.90 Å². The molecule has 0 amide bonds. The van der Waals surface area contributed by atoms with Gasteiger partial charge in [-0.05, 0) is 45.0 Å². The molecule has 0 saturated carbocycles. The quantitative estimate of drug-likeness (QED) is 0.792. The minimum atomic E-state index is -3.50. The molecule has 5 heteroatoms. The lowest BCUT2D eigenvalue weighted by Gasteiger charge is -2.33. The normalized spacial score (nSPS) is 12.7. The molecule has 0 heterocycles. The molecule has 1 aromatic carbocycles. The fraction of sp³-hybridized carbons (Fsp3) is 0.385. The number of halogens is 1. The summed E-state index contributed by atoms with van der Waals surface area (Å²) in [5.74, 6) is 0. The fourth-order valence-electron chi connectivity index (χ4n) is 1.58. The summed E-state index contributed by atoms with van der Waals surface area (Å²) in [5, 5.41) is 0. The molecule has 0 atom stereocenters. The molecule has 1 rings (SSSR count). The number of rotatable bonds is 4. The second kappa shape index (κ2) is 5.55. The molecule has 18 heavy (non-hydrogen) atoms. The number of benzene rings is 1. The van der Waals surface area contributed by atoms with Crippen LogP contribution in [0.2, 0.25) is 0 Å². The summed E-state index contributed by atoms with van der Waals surface area (Å²) in [5.41, 5.74) is -0.486. The van der Waals surface area contributed by atoms with Crippen LogP contribution in [-0.2, 0) is 10.0 Å². The van der Waals surface area contributed by atoms with Crippen LogP contribution in [0, 0.1) is 0 Å². The highest BCUT2D eigenvalue weighted by Gasteiger charge is 2.32. The third-order valence-corrected chi connectivity index (χ3v) is 5.12. The van der Waals surface area contributed by atoms with Crippen molar-refractivity contribution in [3.05, 3.63) is 41.4 Å². The van der Waals surface area contributed by atoms with Crippen LogP contribution < -0.4 is 0 Å². The molecule has 0 aliphatic heterocycles. The standard InChI is InChI=1S/C13H18BrNO2S/c1-5-10-15(13(2,3)4)18(16,17)12-8-6-11(14)7-9-12/h5-9H,1,10H2,2-4H3. The lowest BCUT2D eigenvalue weighted by atomic mass is 10.1. The molecule has 0 bridgehead atoms. The maximum Gasteiger partial charge on any atom is 0.243 e. The van der Waals surface area contributed by atoms with Crippen molar-refractivity contribution in [2.45, 2.75) is 31.2 Å². The molecule has 0 unspecified atom stereocenters. The van der Waals surface area contributed by atoms with E-state index in [2.05, 4.69) is 22.5 Å². The number of hydrogen-bond donors (Lipinski definition) is 0. The monoisotopic (exact) mass is 331 g/mol. The lowest BCUT2D eigenvalue weighted by Crippen LogP contribution is -2.45. The van der Waals surface area contributed by atoms with Crippen LogP contribution in [0.3, 0.4) is 0 Å². The van der Waals surface area contributed by atoms with E-state index < -0.39 is 15.6 Å². The summed E-state index contributed by atoms with van der Waals surface area (Å²) in [6.45, 7) is 9.52. The molecule has 0 aliphatic rings. The summed E-state index contributed by atoms with van der Waals surface area (Å²) in [7, 11) is -3.50. The van der Waals surface area contributed by atoms with E-state index in [1.54, 1.807) is 30.3 Å². The number of nitrogens with zero attached hydrogens (tertiary/aromatic N) is 1. The molecule has 0 spiro atoms. The van der Waals surface area contributed by atoms with Crippen molar-refractivity contribution in [1.82, 2.24) is 4.31 Å². The number of sulfonamides is 1. The van der Waals surface area contributed by atoms with E-state index >= 15 is 0 Å². The van der Waals surface area contributed by atoms with Crippen molar-refractivity contribution >= 4 is 26.0 Å². The van der Waals surface area contributed by atoms with Gasteiger partial charge < -0.3 is 0 Å². The van der Waals surface area contributed by atoms with Crippen molar-refractivity contribution in [1.29, 1.82) is 0 Å². The smallest absolute Gasteiger partial charge is 0.207 e. The molecular weight excluding hydrogens is 314 g/mol. The minimum absolute atomic E-state index is 0.294. The number of hydrogen-bond acceptors (Lipinski definition) is 2. The third kappa shape index (κ3) is 3.43. The molecule has 100 valence electrons. The molecule has 0 aliphatic carbocycles. The second-order valence-corrected chi connectivity index (χ2v) is 7.73. The van der Waals surface area contributed by atoms with E-state index in [9.17, 15) is 8.42 Å². The zero-order chi connectivity index (χ0) is 14.0. The Morgan fingerprint density at radius 3 is 2.17 bits per heavy atom. The van der Waals surface area contributed by atoms with Crippen LogP contribution in [-0.4, -0.2) is 24.8 Å². The summed E-state index contributed by atoms with van der Waals surface area (Å²) in [6.07, 6.45) is 1.60. The van der Waals surface area contributed by atoms with Crippen LogP contribution in [0.4, 0.5) is 0 Å². The summed E-state index contributed by atoms with van der Waals surface area (Å²) >= 11 is 3.29. The van der Waals surface area contributed by atoms with Crippen molar-refractivity contribution in [3.63, 3.8) is 0 Å². The van der Waals surface area contributed by atoms with E-state index in [1.807, 2.05) is 20.8 Å². The second-order valence-electron chi connectivity index (χ2n) is 4.95. The zero-order valence-corrected chi connectivity index (χ0v) is 13.3. The van der Waals surface area contributed by atoms with Crippen molar-refractivity contribution in [2.24, 2.45) is 0 Å². The maximum absolute atomic E-state index is 12.5. The van der Waals surface area contributed by atoms with Crippen LogP contribution in [0.25, 0.3) is 0 Å². The highest BCUT2D eigenvalue weighted by molar-refractivity contribution is 9.10. The van der Waals surface area contributed by atoms with Crippen LogP contribution in [0.1, 0.15) is 20.8 Å². The fourth-order valence-corrected chi connectivity index (χ4v) is 3.61. The molecule has 0 radical (unpaired) electrons. The van der Waals surface area contributed by atoms with E-state index in [0.717, 1.165) is 4.47 Å². The van der Waals surface area contributed by atoms with Gasteiger partial charge in [0.15, 0.2) is 0 Å². The Balaban J connectivity index is 3.25. The first-order valence-corrected chi connectivity index (χ1v) is 7.82. The van der Waals surface area contributed by atoms with Crippen LogP contribution >= 0.6 is 15.9 Å². The van der Waals surface area contributed by atoms with Gasteiger partial charge >= 0.3 is 0 Å². The van der Waals surface area contributed by atoms with Gasteiger partial charge in [0, 0.05) is 16.6 Å². The third-order valence-electron chi connectivity index (χ3n) is 2.44. The van der Waals surface area contributed by atoms with E-state index in [4.69, 9.17) is 0 Å². The Bertz CT molecular complexity index is 515. The molecule has 0 fully saturated rings. The van der Waals surface area contributed by atoms with E-state index in [-0.39, 0.29) is 0 Å². The highest BCUT2D eigenvalue weighted by atomic mass is 79.9. The average Bonchev–Trinajstić information content (AvgIpc) is 2.24. The highest BCUT2D eigenvalue weighted by Crippen LogP contribution is 2.25. The van der Waals surface area contributed by atoms with Gasteiger partial charge in [0.2, 0.25) is 10.0 Å². The van der Waals surface area contributed by atoms with Crippen molar-refractivity contribution in [2.75, 3.05) is 6.54 Å². The largest absolute Gasteiger partial charge is 0.243 e. The predicted octanol–water partition coefficient (Wildman–Crippen LogP) is 3.42. The predicted molar refractivity (Wildman–Crippen MR) is 78.0 cm³/mol. The Morgan fingerprint density at radius 1 is 1.28 bits per heavy atom. The first-order valence-electron chi connectivity index (χ1n) is 5.59. The summed E-state index contributed by atoms with van der Waals surface area (Å²) in [6, 6.07) is 6.64. The average molecular weight is 332 g/mol. The Labute approximate surface area is 118 Å². The molecule has 3 nitrogen and oxygen atoms in total. The SMILES string of the molecule is C=CCN(C(C)(C)C)S(=O)(=O)c1ccc(Br)cc1. The van der Waals surface area contributed by atoms with Crippen LogP contribution in [0.5, 0.6) is 0 Å². The van der Waals surface area contributed by atoms with Gasteiger partial charge in [0.1, 0.15) is 0 Å². The lowest BCUT2D eigenvalue weighted by molar-refractivity contribution is 0.270. The van der Waals surface area contributed by atoms with Crippen LogP contribution in [0.15, 0.2) is 46.3 Å². The Morgan fingerprint density at radius 2 is 1.78 bits per heavy atom. The molecular formula is C13H18BrNO2S. The minimum Gasteiger partial charge on any atom is -0.207 e. The van der Waals surface area contributed by atoms with Gasteiger partial charge in [-0.15, -0.1) is 6.58 Å². The van der Waals surface area contributed by atoms with E-state index in [0.29, 0.717) is 11.4 Å². The topological polar surface area (TPSA) is 37.4 Å². The maximum atomic E-state index is 12.5.